The van der Waals surface area contributed by atoms with Crippen LogP contribution in [0.5, 0.6) is 0 Å². The summed E-state index contributed by atoms with van der Waals surface area (Å²) in [5.41, 5.74) is -1.65. The van der Waals surface area contributed by atoms with Crippen LogP contribution in [0.2, 0.25) is 0 Å². The van der Waals surface area contributed by atoms with Gasteiger partial charge in [-0.2, -0.15) is 0 Å². The normalized spacial score (nSPS) is 56.5. The SMILES string of the molecule is C[C@@H]1C[C@H](O)C(=O)[C@@]2(C)[C@@H]1C[C@H]1OC(=O)C[C@H]3[C@@H](C)C(=O)[C@@H](O)[C@H]2[C@@]13C. The Kier molecular flexibility index (Phi) is 3.75. The predicted molar refractivity (Wildman–Crippen MR) is 90.8 cm³/mol. The van der Waals surface area contributed by atoms with Crippen LogP contribution in [0.15, 0.2) is 0 Å². The topological polar surface area (TPSA) is 101 Å². The van der Waals surface area contributed by atoms with Crippen molar-refractivity contribution >= 4 is 17.5 Å². The van der Waals surface area contributed by atoms with Crippen molar-refractivity contribution < 1.29 is 29.3 Å². The van der Waals surface area contributed by atoms with Gasteiger partial charge in [-0.3, -0.25) is 14.4 Å². The van der Waals surface area contributed by atoms with Crippen LogP contribution in [0, 0.1) is 40.4 Å². The molecule has 4 aliphatic rings. The van der Waals surface area contributed by atoms with Gasteiger partial charge in [0.1, 0.15) is 18.3 Å². The molecule has 10 atom stereocenters. The summed E-state index contributed by atoms with van der Waals surface area (Å²) in [7, 11) is 0. The quantitative estimate of drug-likeness (QED) is 0.625. The van der Waals surface area contributed by atoms with E-state index in [0.29, 0.717) is 12.8 Å². The summed E-state index contributed by atoms with van der Waals surface area (Å²) in [6.07, 6.45) is -1.72. The highest BCUT2D eigenvalue weighted by Gasteiger charge is 2.73. The molecule has 2 N–H and O–H groups in total. The maximum Gasteiger partial charge on any atom is 0.306 e. The number of aliphatic hydroxyl groups is 2. The summed E-state index contributed by atoms with van der Waals surface area (Å²) in [5.74, 6) is -2.33. The summed E-state index contributed by atoms with van der Waals surface area (Å²) >= 11 is 0. The van der Waals surface area contributed by atoms with Gasteiger partial charge in [0.05, 0.1) is 0 Å². The fraction of sp³-hybridized carbons (Fsp3) is 0.850. The summed E-state index contributed by atoms with van der Waals surface area (Å²) < 4.78 is 5.73. The largest absolute Gasteiger partial charge is 0.462 e. The maximum atomic E-state index is 13.2. The van der Waals surface area contributed by atoms with Gasteiger partial charge in [-0.15, -0.1) is 0 Å². The number of hydrogen-bond donors (Lipinski definition) is 2. The first-order chi connectivity index (χ1) is 12.0. The van der Waals surface area contributed by atoms with E-state index in [2.05, 4.69) is 0 Å². The second-order valence-corrected chi connectivity index (χ2v) is 9.49. The van der Waals surface area contributed by atoms with Crippen LogP contribution in [0.3, 0.4) is 0 Å². The van der Waals surface area contributed by atoms with E-state index in [1.165, 1.54) is 0 Å². The number of Topliss-reactive ketones (excluding diaryl/α,β-unsaturated/α-hetero) is 2. The second-order valence-electron chi connectivity index (χ2n) is 9.49. The molecule has 0 spiro atoms. The van der Waals surface area contributed by atoms with Crippen molar-refractivity contribution in [2.24, 2.45) is 40.4 Å². The van der Waals surface area contributed by atoms with Crippen LogP contribution < -0.4 is 0 Å². The molecule has 26 heavy (non-hydrogen) atoms. The van der Waals surface area contributed by atoms with Crippen molar-refractivity contribution in [1.29, 1.82) is 0 Å². The number of aliphatic hydroxyl groups excluding tert-OH is 2. The average Bonchev–Trinajstić information content (AvgIpc) is 2.56. The zero-order valence-electron chi connectivity index (χ0n) is 15.8. The number of hydrogen-bond acceptors (Lipinski definition) is 6. The third kappa shape index (κ3) is 1.92. The van der Waals surface area contributed by atoms with E-state index in [9.17, 15) is 24.6 Å². The molecule has 4 rings (SSSR count). The Morgan fingerprint density at radius 2 is 1.69 bits per heavy atom. The van der Waals surface area contributed by atoms with Gasteiger partial charge in [0, 0.05) is 29.1 Å². The number of carbonyl (C=O) groups excluding carboxylic acids is 3. The average molecular weight is 364 g/mol. The van der Waals surface area contributed by atoms with Gasteiger partial charge in [0.2, 0.25) is 0 Å². The van der Waals surface area contributed by atoms with E-state index < -0.39 is 41.0 Å². The molecule has 0 bridgehead atoms. The fourth-order valence-electron chi connectivity index (χ4n) is 7.21. The third-order valence-electron chi connectivity index (χ3n) is 8.48. The van der Waals surface area contributed by atoms with Crippen LogP contribution in [0.1, 0.15) is 47.0 Å². The highest BCUT2D eigenvalue weighted by atomic mass is 16.5. The van der Waals surface area contributed by atoms with Gasteiger partial charge in [-0.05, 0) is 30.6 Å². The smallest absolute Gasteiger partial charge is 0.306 e. The molecule has 0 aromatic heterocycles. The molecular weight excluding hydrogens is 336 g/mol. The Morgan fingerprint density at radius 1 is 1.04 bits per heavy atom. The van der Waals surface area contributed by atoms with Gasteiger partial charge < -0.3 is 14.9 Å². The van der Waals surface area contributed by atoms with Crippen molar-refractivity contribution in [3.63, 3.8) is 0 Å². The summed E-state index contributed by atoms with van der Waals surface area (Å²) in [6.45, 7) is 7.53. The summed E-state index contributed by atoms with van der Waals surface area (Å²) in [6, 6.07) is 0. The van der Waals surface area contributed by atoms with Crippen molar-refractivity contribution in [2.45, 2.75) is 65.3 Å². The molecule has 0 aromatic carbocycles. The van der Waals surface area contributed by atoms with Crippen LogP contribution in [0.25, 0.3) is 0 Å². The number of ketones is 2. The Balaban J connectivity index is 1.92. The number of esters is 1. The van der Waals surface area contributed by atoms with Crippen LogP contribution in [-0.4, -0.2) is 46.1 Å². The molecule has 0 radical (unpaired) electrons. The lowest BCUT2D eigenvalue weighted by Gasteiger charge is -2.67. The van der Waals surface area contributed by atoms with Gasteiger partial charge in [0.25, 0.3) is 0 Å². The molecule has 6 heteroatoms. The molecule has 1 saturated heterocycles. The predicted octanol–water partition coefficient (Wildman–Crippen LogP) is 1.12. The highest BCUT2D eigenvalue weighted by Crippen LogP contribution is 2.67. The minimum Gasteiger partial charge on any atom is -0.462 e. The molecule has 4 fully saturated rings. The van der Waals surface area contributed by atoms with Crippen molar-refractivity contribution in [3.05, 3.63) is 0 Å². The van der Waals surface area contributed by atoms with E-state index in [4.69, 9.17) is 4.74 Å². The van der Waals surface area contributed by atoms with E-state index in [-0.39, 0.29) is 41.7 Å². The molecular formula is C20H28O6. The molecule has 6 nitrogen and oxygen atoms in total. The van der Waals surface area contributed by atoms with E-state index in [0.717, 1.165) is 0 Å². The Labute approximate surface area is 153 Å². The lowest BCUT2D eigenvalue weighted by atomic mass is 9.38. The van der Waals surface area contributed by atoms with E-state index in [1.807, 2.05) is 20.8 Å². The number of rotatable bonds is 0. The van der Waals surface area contributed by atoms with E-state index in [1.54, 1.807) is 6.92 Å². The fourth-order valence-corrected chi connectivity index (χ4v) is 7.21. The molecule has 3 saturated carbocycles. The summed E-state index contributed by atoms with van der Waals surface area (Å²) in [4.78, 5) is 38.2. The van der Waals surface area contributed by atoms with Gasteiger partial charge >= 0.3 is 5.97 Å². The zero-order valence-corrected chi connectivity index (χ0v) is 15.8. The zero-order chi connectivity index (χ0) is 19.2. The number of carbonyl (C=O) groups is 3. The molecule has 3 aliphatic carbocycles. The van der Waals surface area contributed by atoms with Crippen molar-refractivity contribution in [3.8, 4) is 0 Å². The maximum absolute atomic E-state index is 13.2. The first kappa shape index (κ1) is 18.1. The van der Waals surface area contributed by atoms with Gasteiger partial charge in [-0.25, -0.2) is 0 Å². The van der Waals surface area contributed by atoms with Crippen LogP contribution in [0.4, 0.5) is 0 Å². The Bertz CT molecular complexity index is 688. The first-order valence-electron chi connectivity index (χ1n) is 9.68. The second kappa shape index (κ2) is 5.38. The molecule has 1 aliphatic heterocycles. The monoisotopic (exact) mass is 364 g/mol. The van der Waals surface area contributed by atoms with Crippen molar-refractivity contribution in [1.82, 2.24) is 0 Å². The van der Waals surface area contributed by atoms with Crippen LogP contribution in [-0.2, 0) is 19.1 Å². The Hall–Kier alpha value is -1.27. The molecule has 144 valence electrons. The molecule has 0 amide bonds. The van der Waals surface area contributed by atoms with E-state index >= 15 is 0 Å². The van der Waals surface area contributed by atoms with Crippen LogP contribution >= 0.6 is 0 Å². The lowest BCUT2D eigenvalue weighted by molar-refractivity contribution is -0.255. The lowest BCUT2D eigenvalue weighted by Crippen LogP contribution is -2.73. The standard InChI is InChI=1S/C20H28O6/c1-8-5-12(21)18(25)20(4)10(8)6-13-19(3)11(7-14(22)26-13)9(2)15(23)16(24)17(19)20/h8-13,16-17,21,24H,5-7H2,1-4H3/t8-,9-,10-,11+,12+,13-,16-,17+,19-,20+/m1/s1. The van der Waals surface area contributed by atoms with Gasteiger partial charge in [0.15, 0.2) is 11.6 Å². The minimum atomic E-state index is -1.28. The highest BCUT2D eigenvalue weighted by molar-refractivity contribution is 5.94. The first-order valence-corrected chi connectivity index (χ1v) is 9.68. The molecule has 0 aromatic rings. The number of ether oxygens (including phenoxy) is 1. The summed E-state index contributed by atoms with van der Waals surface area (Å²) in [5, 5.41) is 21.4. The third-order valence-corrected chi connectivity index (χ3v) is 8.48. The minimum absolute atomic E-state index is 0.0398. The van der Waals surface area contributed by atoms with Gasteiger partial charge in [-0.1, -0.05) is 27.7 Å². The Morgan fingerprint density at radius 3 is 2.35 bits per heavy atom. The van der Waals surface area contributed by atoms with Crippen molar-refractivity contribution in [2.75, 3.05) is 0 Å². The number of fused-ring (bicyclic) bond motifs is 2. The molecule has 1 heterocycles. The molecule has 0 unspecified atom stereocenters.